The van der Waals surface area contributed by atoms with Crippen LogP contribution in [0.4, 0.5) is 0 Å². The van der Waals surface area contributed by atoms with Crippen LogP contribution in [-0.4, -0.2) is 60.2 Å². The van der Waals surface area contributed by atoms with Gasteiger partial charge in [0.1, 0.15) is 18.1 Å². The zero-order chi connectivity index (χ0) is 26.2. The van der Waals surface area contributed by atoms with Crippen molar-refractivity contribution in [1.29, 1.82) is 5.26 Å². The molecule has 2 fully saturated rings. The monoisotopic (exact) mass is 489 g/mol. The molecule has 0 radical (unpaired) electrons. The van der Waals surface area contributed by atoms with E-state index in [1.807, 2.05) is 27.7 Å². The van der Waals surface area contributed by atoms with Gasteiger partial charge in [0.15, 0.2) is 0 Å². The molecule has 9 nitrogen and oxygen atoms in total. The lowest BCUT2D eigenvalue weighted by Gasteiger charge is -2.34. The van der Waals surface area contributed by atoms with Crippen molar-refractivity contribution in [1.82, 2.24) is 20.9 Å². The molecule has 35 heavy (non-hydrogen) atoms. The highest BCUT2D eigenvalue weighted by Gasteiger charge is 2.39. The Kier molecular flexibility index (Phi) is 10.5. The summed E-state index contributed by atoms with van der Waals surface area (Å²) in [4.78, 5) is 53.2. The molecular formula is C26H43N5O4. The summed E-state index contributed by atoms with van der Waals surface area (Å²) in [6, 6.07) is -0.157. The number of rotatable bonds is 10. The second kappa shape index (κ2) is 12.9. The van der Waals surface area contributed by atoms with Crippen LogP contribution < -0.4 is 16.0 Å². The minimum Gasteiger partial charge on any atom is -0.356 e. The van der Waals surface area contributed by atoms with Crippen LogP contribution in [0.3, 0.4) is 0 Å². The summed E-state index contributed by atoms with van der Waals surface area (Å²) in [7, 11) is 1.60. The summed E-state index contributed by atoms with van der Waals surface area (Å²) >= 11 is 0. The van der Waals surface area contributed by atoms with Gasteiger partial charge in [-0.05, 0) is 44.4 Å². The minimum absolute atomic E-state index is 0.0401. The van der Waals surface area contributed by atoms with Crippen LogP contribution in [0.15, 0.2) is 0 Å². The predicted molar refractivity (Wildman–Crippen MR) is 133 cm³/mol. The molecule has 4 amide bonds. The van der Waals surface area contributed by atoms with Crippen molar-refractivity contribution < 1.29 is 19.2 Å². The highest BCUT2D eigenvalue weighted by atomic mass is 16.2. The van der Waals surface area contributed by atoms with E-state index >= 15 is 0 Å². The molecule has 0 spiro atoms. The summed E-state index contributed by atoms with van der Waals surface area (Å²) in [5, 5.41) is 18.2. The molecule has 2 aliphatic rings. The molecule has 4 atom stereocenters. The quantitative estimate of drug-likeness (QED) is 0.433. The van der Waals surface area contributed by atoms with Gasteiger partial charge >= 0.3 is 0 Å². The molecule has 1 aliphatic heterocycles. The van der Waals surface area contributed by atoms with Crippen molar-refractivity contribution in [2.24, 2.45) is 17.3 Å². The van der Waals surface area contributed by atoms with E-state index < -0.39 is 29.4 Å². The molecule has 1 heterocycles. The molecule has 0 aromatic carbocycles. The van der Waals surface area contributed by atoms with Crippen molar-refractivity contribution in [3.05, 3.63) is 0 Å². The minimum atomic E-state index is -0.814. The van der Waals surface area contributed by atoms with E-state index in [4.69, 9.17) is 0 Å². The number of piperidine rings is 1. The number of carbonyl (C=O) groups is 4. The second-order valence-corrected chi connectivity index (χ2v) is 11.1. The van der Waals surface area contributed by atoms with E-state index in [1.165, 1.54) is 4.90 Å². The SMILES string of the molecule is CCC[C@@H](C(=O)N[C@H](C#N)C[C@@H]1CCCNC1=O)N(C)C(=O)[C@H](NC(=O)C(C)(C)C)C1CCCC1. The van der Waals surface area contributed by atoms with Gasteiger partial charge in [0.05, 0.1) is 6.07 Å². The Hall–Kier alpha value is -2.63. The van der Waals surface area contributed by atoms with Crippen LogP contribution in [-0.2, 0) is 19.2 Å². The Bertz CT molecular complexity index is 810. The van der Waals surface area contributed by atoms with E-state index in [1.54, 1.807) is 7.05 Å². The summed E-state index contributed by atoms with van der Waals surface area (Å²) in [5.74, 6) is -1.23. The molecule has 196 valence electrons. The molecular weight excluding hydrogens is 446 g/mol. The van der Waals surface area contributed by atoms with Gasteiger partial charge in [-0.3, -0.25) is 19.2 Å². The highest BCUT2D eigenvalue weighted by molar-refractivity contribution is 5.93. The third-order valence-corrected chi connectivity index (χ3v) is 7.18. The maximum atomic E-state index is 13.6. The summed E-state index contributed by atoms with van der Waals surface area (Å²) in [5.41, 5.74) is -0.638. The van der Waals surface area contributed by atoms with Crippen LogP contribution in [0.25, 0.3) is 0 Å². The maximum absolute atomic E-state index is 13.6. The maximum Gasteiger partial charge on any atom is 0.245 e. The molecule has 0 aromatic heterocycles. The first kappa shape index (κ1) is 28.6. The first-order valence-electron chi connectivity index (χ1n) is 13.0. The van der Waals surface area contributed by atoms with Gasteiger partial charge in [0.2, 0.25) is 23.6 Å². The first-order valence-corrected chi connectivity index (χ1v) is 13.0. The Labute approximate surface area is 209 Å². The normalized spacial score (nSPS) is 21.3. The summed E-state index contributed by atoms with van der Waals surface area (Å²) in [6.07, 6.45) is 6.63. The van der Waals surface area contributed by atoms with Crippen molar-refractivity contribution >= 4 is 23.6 Å². The van der Waals surface area contributed by atoms with Crippen LogP contribution in [0.5, 0.6) is 0 Å². The number of nitrogens with zero attached hydrogens (tertiary/aromatic N) is 2. The summed E-state index contributed by atoms with van der Waals surface area (Å²) < 4.78 is 0. The highest BCUT2D eigenvalue weighted by Crippen LogP contribution is 2.30. The van der Waals surface area contributed by atoms with Crippen molar-refractivity contribution in [3.8, 4) is 6.07 Å². The van der Waals surface area contributed by atoms with E-state index in [0.717, 1.165) is 32.1 Å². The third kappa shape index (κ3) is 7.94. The number of carbonyl (C=O) groups excluding carboxylic acids is 4. The van der Waals surface area contributed by atoms with Crippen molar-refractivity contribution in [2.45, 2.75) is 104 Å². The Morgan fingerprint density at radius 1 is 1.14 bits per heavy atom. The number of likely N-dealkylation sites (N-methyl/N-ethyl adjacent to an activating group) is 1. The van der Waals surface area contributed by atoms with Crippen molar-refractivity contribution in [2.75, 3.05) is 13.6 Å². The van der Waals surface area contributed by atoms with Gasteiger partial charge in [-0.1, -0.05) is 47.0 Å². The van der Waals surface area contributed by atoms with E-state index in [0.29, 0.717) is 25.8 Å². The molecule has 0 unspecified atom stereocenters. The first-order chi connectivity index (χ1) is 16.5. The number of hydrogen-bond acceptors (Lipinski definition) is 5. The number of hydrogen-bond donors (Lipinski definition) is 3. The van der Waals surface area contributed by atoms with Crippen LogP contribution >= 0.6 is 0 Å². The molecule has 2 rings (SSSR count). The zero-order valence-corrected chi connectivity index (χ0v) is 22.0. The number of amides is 4. The van der Waals surface area contributed by atoms with E-state index in [9.17, 15) is 24.4 Å². The second-order valence-electron chi connectivity index (χ2n) is 11.1. The molecule has 1 saturated carbocycles. The Balaban J connectivity index is 2.14. The van der Waals surface area contributed by atoms with Gasteiger partial charge < -0.3 is 20.9 Å². The average molecular weight is 490 g/mol. The fourth-order valence-corrected chi connectivity index (χ4v) is 4.93. The average Bonchev–Trinajstić information content (AvgIpc) is 3.34. The van der Waals surface area contributed by atoms with E-state index in [2.05, 4.69) is 22.0 Å². The third-order valence-electron chi connectivity index (χ3n) is 7.18. The van der Waals surface area contributed by atoms with E-state index in [-0.39, 0.29) is 36.0 Å². The molecule has 3 N–H and O–H groups in total. The van der Waals surface area contributed by atoms with Crippen LogP contribution in [0.1, 0.15) is 85.5 Å². The number of nitriles is 1. The van der Waals surface area contributed by atoms with Gasteiger partial charge in [0, 0.05) is 24.9 Å². The van der Waals surface area contributed by atoms with Crippen LogP contribution in [0.2, 0.25) is 0 Å². The predicted octanol–water partition coefficient (Wildman–Crippen LogP) is 2.26. The topological polar surface area (TPSA) is 131 Å². The molecule has 9 heteroatoms. The van der Waals surface area contributed by atoms with Gasteiger partial charge in [-0.15, -0.1) is 0 Å². The van der Waals surface area contributed by atoms with Crippen LogP contribution in [0, 0.1) is 28.6 Å². The largest absolute Gasteiger partial charge is 0.356 e. The Morgan fingerprint density at radius 3 is 2.34 bits per heavy atom. The molecule has 1 saturated heterocycles. The fraction of sp³-hybridized carbons (Fsp3) is 0.808. The molecule has 1 aliphatic carbocycles. The lowest BCUT2D eigenvalue weighted by molar-refractivity contribution is -0.144. The van der Waals surface area contributed by atoms with Crippen molar-refractivity contribution in [3.63, 3.8) is 0 Å². The number of nitrogens with one attached hydrogen (secondary N) is 3. The summed E-state index contributed by atoms with van der Waals surface area (Å²) in [6.45, 7) is 8.00. The lowest BCUT2D eigenvalue weighted by atomic mass is 9.91. The lowest BCUT2D eigenvalue weighted by Crippen LogP contribution is -2.58. The van der Waals surface area contributed by atoms with Gasteiger partial charge in [-0.2, -0.15) is 5.26 Å². The molecule has 0 aromatic rings. The van der Waals surface area contributed by atoms with Gasteiger partial charge in [0.25, 0.3) is 0 Å². The van der Waals surface area contributed by atoms with Gasteiger partial charge in [-0.25, -0.2) is 0 Å². The standard InChI is InChI=1S/C26H43N5O4/c1-6-10-20(23(33)29-19(16-27)15-18-13-9-14-28-22(18)32)31(5)24(34)21(17-11-7-8-12-17)30-25(35)26(2,3)4/h17-21H,6-15H2,1-5H3,(H,28,32)(H,29,33)(H,30,35)/t18-,19-,20-,21+/m0/s1. The Morgan fingerprint density at radius 2 is 1.80 bits per heavy atom. The smallest absolute Gasteiger partial charge is 0.245 e. The zero-order valence-electron chi connectivity index (χ0n) is 22.0. The molecule has 0 bridgehead atoms. The fourth-order valence-electron chi connectivity index (χ4n) is 4.93.